The number of Topliss-reactive ketones (excluding diaryl/α,β-unsaturated/α-hetero) is 1. The Labute approximate surface area is 117 Å². The standard InChI is InChI=1S/C13H11F3N2OS/c1-8(19)5-11-7-20-12(18-11)17-10-4-2-3-9(6-10)13(14,15)16/h2-4,6-7H,5H2,1H3,(H,17,18). The van der Waals surface area contributed by atoms with Crippen LogP contribution in [0.2, 0.25) is 0 Å². The second-order valence-corrected chi connectivity index (χ2v) is 5.08. The van der Waals surface area contributed by atoms with Gasteiger partial charge in [-0.2, -0.15) is 13.2 Å². The summed E-state index contributed by atoms with van der Waals surface area (Å²) in [5.74, 6) is -0.0130. The Morgan fingerprint density at radius 1 is 1.40 bits per heavy atom. The molecule has 1 aromatic heterocycles. The van der Waals surface area contributed by atoms with E-state index < -0.39 is 11.7 Å². The predicted molar refractivity (Wildman–Crippen MR) is 71.2 cm³/mol. The van der Waals surface area contributed by atoms with Gasteiger partial charge in [0.25, 0.3) is 0 Å². The predicted octanol–water partition coefficient (Wildman–Crippen LogP) is 4.04. The minimum absolute atomic E-state index is 0.0130. The first-order chi connectivity index (χ1) is 9.34. The van der Waals surface area contributed by atoms with Crippen molar-refractivity contribution in [3.05, 3.63) is 40.9 Å². The van der Waals surface area contributed by atoms with Crippen LogP contribution in [0.25, 0.3) is 0 Å². The van der Waals surface area contributed by atoms with Crippen LogP contribution in [0, 0.1) is 0 Å². The molecule has 1 N–H and O–H groups in total. The molecule has 0 aliphatic carbocycles. The smallest absolute Gasteiger partial charge is 0.332 e. The zero-order valence-electron chi connectivity index (χ0n) is 10.5. The maximum Gasteiger partial charge on any atom is 0.416 e. The maximum absolute atomic E-state index is 12.6. The van der Waals surface area contributed by atoms with E-state index in [1.54, 1.807) is 5.38 Å². The van der Waals surface area contributed by atoms with Crippen LogP contribution in [0.4, 0.5) is 24.0 Å². The van der Waals surface area contributed by atoms with Crippen molar-refractivity contribution in [1.82, 2.24) is 4.98 Å². The lowest BCUT2D eigenvalue weighted by molar-refractivity contribution is -0.137. The first-order valence-corrected chi connectivity index (χ1v) is 6.60. The van der Waals surface area contributed by atoms with Crippen LogP contribution < -0.4 is 5.32 Å². The zero-order valence-corrected chi connectivity index (χ0v) is 11.3. The summed E-state index contributed by atoms with van der Waals surface area (Å²) in [5, 5.41) is 4.97. The average molecular weight is 300 g/mol. The molecule has 0 saturated carbocycles. The van der Waals surface area contributed by atoms with Gasteiger partial charge in [0.1, 0.15) is 5.78 Å². The topological polar surface area (TPSA) is 42.0 Å². The average Bonchev–Trinajstić information content (AvgIpc) is 2.75. The molecule has 0 unspecified atom stereocenters. The summed E-state index contributed by atoms with van der Waals surface area (Å²) in [7, 11) is 0. The lowest BCUT2D eigenvalue weighted by Gasteiger charge is -2.08. The molecular formula is C13H11F3N2OS. The number of halogens is 3. The van der Waals surface area contributed by atoms with Crippen LogP contribution in [0.5, 0.6) is 0 Å². The second-order valence-electron chi connectivity index (χ2n) is 4.23. The molecular weight excluding hydrogens is 289 g/mol. The molecule has 3 nitrogen and oxygen atoms in total. The molecule has 1 heterocycles. The van der Waals surface area contributed by atoms with Gasteiger partial charge in [-0.25, -0.2) is 4.98 Å². The van der Waals surface area contributed by atoms with Gasteiger partial charge in [-0.05, 0) is 25.1 Å². The number of hydrogen-bond donors (Lipinski definition) is 1. The van der Waals surface area contributed by atoms with E-state index >= 15 is 0 Å². The molecule has 0 spiro atoms. The number of carbonyl (C=O) groups is 1. The first kappa shape index (κ1) is 14.5. The fourth-order valence-corrected chi connectivity index (χ4v) is 2.33. The normalized spacial score (nSPS) is 11.4. The van der Waals surface area contributed by atoms with Gasteiger partial charge in [-0.15, -0.1) is 11.3 Å². The molecule has 0 amide bonds. The number of hydrogen-bond acceptors (Lipinski definition) is 4. The summed E-state index contributed by atoms with van der Waals surface area (Å²) in [5.41, 5.74) is 0.198. The van der Waals surface area contributed by atoms with Gasteiger partial charge < -0.3 is 5.32 Å². The number of nitrogens with one attached hydrogen (secondary N) is 1. The van der Waals surface area contributed by atoms with Crippen LogP contribution in [0.1, 0.15) is 18.2 Å². The molecule has 0 radical (unpaired) electrons. The minimum atomic E-state index is -4.37. The van der Waals surface area contributed by atoms with E-state index in [-0.39, 0.29) is 12.2 Å². The van der Waals surface area contributed by atoms with Crippen molar-refractivity contribution in [1.29, 1.82) is 0 Å². The quantitative estimate of drug-likeness (QED) is 0.926. The number of anilines is 2. The molecule has 106 valence electrons. The number of rotatable bonds is 4. The van der Waals surface area contributed by atoms with E-state index in [0.29, 0.717) is 16.5 Å². The third-order valence-corrected chi connectivity index (χ3v) is 3.23. The van der Waals surface area contributed by atoms with Gasteiger partial charge in [-0.3, -0.25) is 4.79 Å². The summed E-state index contributed by atoms with van der Waals surface area (Å²) < 4.78 is 37.7. The maximum atomic E-state index is 12.6. The number of thiazole rings is 1. The Morgan fingerprint density at radius 3 is 2.80 bits per heavy atom. The molecule has 20 heavy (non-hydrogen) atoms. The number of alkyl halides is 3. The molecule has 0 fully saturated rings. The fourth-order valence-electron chi connectivity index (χ4n) is 1.60. The Bertz CT molecular complexity index is 622. The number of ketones is 1. The molecule has 2 aromatic rings. The highest BCUT2D eigenvalue weighted by Gasteiger charge is 2.30. The molecule has 7 heteroatoms. The van der Waals surface area contributed by atoms with Crippen molar-refractivity contribution in [3.8, 4) is 0 Å². The van der Waals surface area contributed by atoms with E-state index in [1.807, 2.05) is 0 Å². The van der Waals surface area contributed by atoms with Crippen molar-refractivity contribution in [2.24, 2.45) is 0 Å². The van der Waals surface area contributed by atoms with E-state index in [4.69, 9.17) is 0 Å². The lowest BCUT2D eigenvalue weighted by atomic mass is 10.2. The van der Waals surface area contributed by atoms with Crippen LogP contribution >= 0.6 is 11.3 Å². The van der Waals surface area contributed by atoms with Crippen molar-refractivity contribution in [2.75, 3.05) is 5.32 Å². The van der Waals surface area contributed by atoms with Gasteiger partial charge in [0.2, 0.25) is 0 Å². The summed E-state index contributed by atoms with van der Waals surface area (Å²) >= 11 is 1.24. The van der Waals surface area contributed by atoms with Gasteiger partial charge in [-0.1, -0.05) is 6.07 Å². The third-order valence-electron chi connectivity index (χ3n) is 2.42. The van der Waals surface area contributed by atoms with Crippen molar-refractivity contribution < 1.29 is 18.0 Å². The molecule has 0 aliphatic rings. The Kier molecular flexibility index (Phi) is 4.08. The third kappa shape index (κ3) is 3.80. The van der Waals surface area contributed by atoms with Gasteiger partial charge in [0, 0.05) is 17.5 Å². The van der Waals surface area contributed by atoms with Gasteiger partial charge in [0.15, 0.2) is 5.13 Å². The zero-order chi connectivity index (χ0) is 14.8. The van der Waals surface area contributed by atoms with Crippen LogP contribution in [-0.2, 0) is 17.4 Å². The monoisotopic (exact) mass is 300 g/mol. The first-order valence-electron chi connectivity index (χ1n) is 5.73. The Morgan fingerprint density at radius 2 is 2.15 bits per heavy atom. The highest BCUT2D eigenvalue weighted by atomic mass is 32.1. The molecule has 1 aromatic carbocycles. The molecule has 2 rings (SSSR count). The highest BCUT2D eigenvalue weighted by molar-refractivity contribution is 7.13. The summed E-state index contributed by atoms with van der Waals surface area (Å²) in [6.07, 6.45) is -4.15. The van der Waals surface area contributed by atoms with E-state index in [2.05, 4.69) is 10.3 Å². The number of aromatic nitrogens is 1. The summed E-state index contributed by atoms with van der Waals surface area (Å²) in [4.78, 5) is 15.1. The molecule has 0 bridgehead atoms. The lowest BCUT2D eigenvalue weighted by Crippen LogP contribution is -2.05. The number of benzene rings is 1. The van der Waals surface area contributed by atoms with E-state index in [9.17, 15) is 18.0 Å². The van der Waals surface area contributed by atoms with Crippen molar-refractivity contribution in [2.45, 2.75) is 19.5 Å². The van der Waals surface area contributed by atoms with Crippen LogP contribution in [0.3, 0.4) is 0 Å². The fraction of sp³-hybridized carbons (Fsp3) is 0.231. The van der Waals surface area contributed by atoms with Gasteiger partial charge >= 0.3 is 6.18 Å². The number of carbonyl (C=O) groups excluding carboxylic acids is 1. The SMILES string of the molecule is CC(=O)Cc1csc(Nc2cccc(C(F)(F)F)c2)n1. The molecule has 0 saturated heterocycles. The van der Waals surface area contributed by atoms with Crippen LogP contribution in [-0.4, -0.2) is 10.8 Å². The van der Waals surface area contributed by atoms with Crippen molar-refractivity contribution >= 4 is 27.9 Å². The molecule has 0 atom stereocenters. The Hall–Kier alpha value is -1.89. The largest absolute Gasteiger partial charge is 0.416 e. The number of nitrogens with zero attached hydrogens (tertiary/aromatic N) is 1. The molecule has 0 aliphatic heterocycles. The summed E-state index contributed by atoms with van der Waals surface area (Å²) in [6, 6.07) is 4.89. The minimum Gasteiger partial charge on any atom is -0.332 e. The Balaban J connectivity index is 2.14. The van der Waals surface area contributed by atoms with E-state index in [0.717, 1.165) is 12.1 Å². The highest BCUT2D eigenvalue weighted by Crippen LogP contribution is 2.31. The van der Waals surface area contributed by atoms with Gasteiger partial charge in [0.05, 0.1) is 11.3 Å². The van der Waals surface area contributed by atoms with Crippen molar-refractivity contribution in [3.63, 3.8) is 0 Å². The van der Waals surface area contributed by atoms with Crippen LogP contribution in [0.15, 0.2) is 29.6 Å². The van der Waals surface area contributed by atoms with E-state index in [1.165, 1.54) is 30.4 Å². The summed E-state index contributed by atoms with van der Waals surface area (Å²) in [6.45, 7) is 1.46. The second kappa shape index (κ2) is 5.62.